The third-order valence-electron chi connectivity index (χ3n) is 7.54. The third-order valence-corrected chi connectivity index (χ3v) is 7.54. The van der Waals surface area contributed by atoms with Gasteiger partial charge in [0.15, 0.2) is 5.76 Å². The maximum absolute atomic E-state index is 12.1. The van der Waals surface area contributed by atoms with Crippen LogP contribution >= 0.6 is 0 Å². The molecular weight excluding hydrogens is 394 g/mol. The van der Waals surface area contributed by atoms with E-state index in [2.05, 4.69) is 5.32 Å². The Morgan fingerprint density at radius 1 is 0.935 bits per heavy atom. The van der Waals surface area contributed by atoms with Gasteiger partial charge >= 0.3 is 11.9 Å². The maximum atomic E-state index is 12.1. The fraction of sp³-hybridized carbons (Fsp3) is 0.520. The van der Waals surface area contributed by atoms with Gasteiger partial charge in [-0.25, -0.2) is 9.59 Å². The fourth-order valence-corrected chi connectivity index (χ4v) is 6.63. The average Bonchev–Trinajstić information content (AvgIpc) is 3.25. The summed E-state index contributed by atoms with van der Waals surface area (Å²) in [6, 6.07) is 8.74. The largest absolute Gasteiger partial charge is 0.465 e. The molecule has 6 rings (SSSR count). The molecule has 0 unspecified atom stereocenters. The van der Waals surface area contributed by atoms with Crippen molar-refractivity contribution < 1.29 is 28.8 Å². The summed E-state index contributed by atoms with van der Waals surface area (Å²) < 4.78 is 15.8. The van der Waals surface area contributed by atoms with E-state index >= 15 is 0 Å². The van der Waals surface area contributed by atoms with E-state index < -0.39 is 11.9 Å². The Bertz CT molecular complexity index is 938. The minimum absolute atomic E-state index is 0.290. The number of methoxy groups -OCH3 is 2. The summed E-state index contributed by atoms with van der Waals surface area (Å²) >= 11 is 0. The molecule has 4 saturated carbocycles. The molecule has 2 aromatic rings. The molecule has 1 aromatic carbocycles. The quantitative estimate of drug-likeness (QED) is 0.717. The van der Waals surface area contributed by atoms with Crippen LogP contribution in [0, 0.1) is 17.8 Å². The molecule has 0 saturated heterocycles. The number of furan rings is 1. The first-order valence-electron chi connectivity index (χ1n) is 11.2. The number of rotatable bonds is 6. The smallest absolute Gasteiger partial charge is 0.337 e. The number of nitrogens with two attached hydrogens (primary N) is 1. The summed E-state index contributed by atoms with van der Waals surface area (Å²) in [5.41, 5.74) is 1.63. The first-order valence-corrected chi connectivity index (χ1v) is 11.2. The normalized spacial score (nSPS) is 28.5. The predicted octanol–water partition coefficient (Wildman–Crippen LogP) is 3.55. The van der Waals surface area contributed by atoms with Gasteiger partial charge in [0.1, 0.15) is 12.3 Å². The lowest BCUT2D eigenvalue weighted by atomic mass is 9.53. The second kappa shape index (κ2) is 7.83. The Balaban J connectivity index is 1.34. The van der Waals surface area contributed by atoms with Gasteiger partial charge in [-0.15, -0.1) is 0 Å². The van der Waals surface area contributed by atoms with Gasteiger partial charge in [-0.3, -0.25) is 0 Å². The van der Waals surface area contributed by atoms with Crippen LogP contribution in [0.1, 0.15) is 65.0 Å². The lowest BCUT2D eigenvalue weighted by molar-refractivity contribution is -0.754. The number of carbonyl (C=O) groups excluding carboxylic acids is 2. The van der Waals surface area contributed by atoms with Gasteiger partial charge in [0.2, 0.25) is 0 Å². The minimum atomic E-state index is -0.506. The Hall–Kier alpha value is -2.60. The van der Waals surface area contributed by atoms with E-state index in [1.54, 1.807) is 12.1 Å². The number of carbonyl (C=O) groups is 2. The van der Waals surface area contributed by atoms with Gasteiger partial charge in [-0.1, -0.05) is 0 Å². The Morgan fingerprint density at radius 2 is 1.48 bits per heavy atom. The predicted molar refractivity (Wildman–Crippen MR) is 113 cm³/mol. The van der Waals surface area contributed by atoms with Crippen molar-refractivity contribution in [3.8, 4) is 11.3 Å². The first-order chi connectivity index (χ1) is 15.0. The van der Waals surface area contributed by atoms with Crippen molar-refractivity contribution in [2.45, 2.75) is 50.6 Å². The van der Waals surface area contributed by atoms with Gasteiger partial charge in [0.25, 0.3) is 0 Å². The summed E-state index contributed by atoms with van der Waals surface area (Å²) in [4.78, 5) is 24.1. The molecule has 0 atom stereocenters. The molecule has 0 amide bonds. The SMILES string of the molecule is COC(=O)c1cc(C(=O)OC)cc(-c2ccc(C[NH2+]C34CC5CC(CC(C5)C3)C4)o2)c1. The highest BCUT2D eigenvalue weighted by Crippen LogP contribution is 2.54. The zero-order valence-corrected chi connectivity index (χ0v) is 18.2. The van der Waals surface area contributed by atoms with Crippen molar-refractivity contribution in [1.82, 2.24) is 0 Å². The first kappa shape index (κ1) is 20.3. The zero-order valence-electron chi connectivity index (χ0n) is 18.2. The third kappa shape index (κ3) is 3.89. The second-order valence-electron chi connectivity index (χ2n) is 9.74. The van der Waals surface area contributed by atoms with Crippen LogP contribution in [0.2, 0.25) is 0 Å². The summed E-state index contributed by atoms with van der Waals surface area (Å²) in [7, 11) is 2.64. The molecule has 4 aliphatic carbocycles. The van der Waals surface area contributed by atoms with Gasteiger partial charge in [0, 0.05) is 24.8 Å². The van der Waals surface area contributed by atoms with Crippen LogP contribution in [0.4, 0.5) is 0 Å². The number of ether oxygens (including phenoxy) is 2. The molecule has 1 heterocycles. The standard InChI is InChI=1S/C25H29NO5/c1-29-23(27)19-8-18(9-20(10-19)24(28)30-2)22-4-3-21(31-22)14-26-25-11-15-5-16(12-25)7-17(6-15)13-25/h3-4,8-10,15-17,26H,5-7,11-14H2,1-2H3/p+1. The molecule has 2 N–H and O–H groups in total. The number of hydrogen-bond donors (Lipinski definition) is 1. The molecule has 164 valence electrons. The van der Waals surface area contributed by atoms with Gasteiger partial charge < -0.3 is 19.2 Å². The Morgan fingerprint density at radius 3 is 2.00 bits per heavy atom. The number of hydrogen-bond acceptors (Lipinski definition) is 5. The maximum Gasteiger partial charge on any atom is 0.337 e. The molecule has 1 aromatic heterocycles. The zero-order chi connectivity index (χ0) is 21.6. The topological polar surface area (TPSA) is 82.4 Å². The molecule has 0 spiro atoms. The highest BCUT2D eigenvalue weighted by molar-refractivity contribution is 5.97. The van der Waals surface area contributed by atoms with Crippen LogP contribution < -0.4 is 5.32 Å². The molecule has 4 bridgehead atoms. The van der Waals surface area contributed by atoms with Crippen LogP contribution in [0.25, 0.3) is 11.3 Å². The summed E-state index contributed by atoms with van der Waals surface area (Å²) in [5.74, 6) is 3.30. The van der Waals surface area contributed by atoms with Gasteiger partial charge in [-0.2, -0.15) is 0 Å². The monoisotopic (exact) mass is 424 g/mol. The molecule has 6 nitrogen and oxygen atoms in total. The van der Waals surface area contributed by atoms with Crippen LogP contribution in [-0.4, -0.2) is 31.7 Å². The summed E-state index contributed by atoms with van der Waals surface area (Å²) in [6.45, 7) is 0.812. The van der Waals surface area contributed by atoms with E-state index in [-0.39, 0.29) is 0 Å². The van der Waals surface area contributed by atoms with Gasteiger partial charge in [-0.05, 0) is 67.3 Å². The van der Waals surface area contributed by atoms with Crippen molar-refractivity contribution in [1.29, 1.82) is 0 Å². The number of benzene rings is 1. The lowest BCUT2D eigenvalue weighted by Gasteiger charge is -2.54. The van der Waals surface area contributed by atoms with E-state index in [9.17, 15) is 9.59 Å². The second-order valence-corrected chi connectivity index (χ2v) is 9.74. The molecular formula is C25H30NO5+. The fourth-order valence-electron chi connectivity index (χ4n) is 6.63. The van der Waals surface area contributed by atoms with Crippen molar-refractivity contribution in [2.75, 3.05) is 14.2 Å². The van der Waals surface area contributed by atoms with Crippen molar-refractivity contribution in [3.63, 3.8) is 0 Å². The van der Waals surface area contributed by atoms with Gasteiger partial charge in [0.05, 0.1) is 30.9 Å². The van der Waals surface area contributed by atoms with E-state index in [4.69, 9.17) is 13.9 Å². The summed E-state index contributed by atoms with van der Waals surface area (Å²) in [6.07, 6.45) is 8.36. The molecule has 0 radical (unpaired) electrons. The Kier molecular flexibility index (Phi) is 5.13. The average molecular weight is 425 g/mol. The lowest BCUT2D eigenvalue weighted by Crippen LogP contribution is -2.97. The highest BCUT2D eigenvalue weighted by Gasteiger charge is 2.53. The van der Waals surface area contributed by atoms with Crippen molar-refractivity contribution >= 4 is 11.9 Å². The van der Waals surface area contributed by atoms with Crippen molar-refractivity contribution in [2.24, 2.45) is 17.8 Å². The summed E-state index contributed by atoms with van der Waals surface area (Å²) in [5, 5.41) is 2.52. The van der Waals surface area contributed by atoms with E-state index in [0.717, 1.165) is 30.1 Å². The number of quaternary nitrogens is 1. The molecule has 4 aliphatic rings. The molecule has 0 aliphatic heterocycles. The van der Waals surface area contributed by atoms with Crippen LogP contribution in [0.3, 0.4) is 0 Å². The molecule has 31 heavy (non-hydrogen) atoms. The van der Waals surface area contributed by atoms with E-state index in [0.29, 0.717) is 28.0 Å². The van der Waals surface area contributed by atoms with Crippen LogP contribution in [0.15, 0.2) is 34.7 Å². The Labute approximate surface area is 182 Å². The number of esters is 2. The van der Waals surface area contributed by atoms with E-state index in [1.807, 2.05) is 12.1 Å². The minimum Gasteiger partial charge on any atom is -0.465 e. The van der Waals surface area contributed by atoms with Crippen molar-refractivity contribution in [3.05, 3.63) is 47.2 Å². The van der Waals surface area contributed by atoms with E-state index in [1.165, 1.54) is 58.8 Å². The van der Waals surface area contributed by atoms with Crippen LogP contribution in [0.5, 0.6) is 0 Å². The molecule has 4 fully saturated rings. The molecule has 6 heteroatoms. The van der Waals surface area contributed by atoms with Crippen LogP contribution in [-0.2, 0) is 16.0 Å². The highest BCUT2D eigenvalue weighted by atomic mass is 16.5.